The maximum Gasteiger partial charge on any atom is 0.187 e. The van der Waals surface area contributed by atoms with Crippen LogP contribution in [0, 0.1) is 0 Å². The normalized spacial score (nSPS) is 15.5. The molecule has 3 nitrogen and oxygen atoms in total. The summed E-state index contributed by atoms with van der Waals surface area (Å²) in [4.78, 5) is 0. The number of likely N-dealkylation sites (N-methyl/N-ethyl adjacent to an activating group) is 1. The van der Waals surface area contributed by atoms with Crippen LogP contribution in [0.5, 0.6) is 0 Å². The molecule has 0 saturated carbocycles. The number of rotatable bonds is 12. The maximum absolute atomic E-state index is 9.98. The molecule has 19 heavy (non-hydrogen) atoms. The van der Waals surface area contributed by atoms with Gasteiger partial charge in [0, 0.05) is 6.92 Å². The van der Waals surface area contributed by atoms with Gasteiger partial charge < -0.3 is 14.7 Å². The number of hydrogen-bond acceptors (Lipinski definition) is 2. The van der Waals surface area contributed by atoms with Gasteiger partial charge in [0.25, 0.3) is 0 Å². The average molecular weight is 274 g/mol. The summed E-state index contributed by atoms with van der Waals surface area (Å²) in [5.41, 5.74) is 0. The van der Waals surface area contributed by atoms with Gasteiger partial charge in [-0.1, -0.05) is 58.3 Å². The first-order valence-corrected chi connectivity index (χ1v) is 8.09. The summed E-state index contributed by atoms with van der Waals surface area (Å²) in [6, 6.07) is 0. The topological polar surface area (TPSA) is 40.5 Å². The lowest BCUT2D eigenvalue weighted by Crippen LogP contribution is -2.51. The van der Waals surface area contributed by atoms with E-state index in [0.29, 0.717) is 11.0 Å². The van der Waals surface area contributed by atoms with Crippen molar-refractivity contribution in [1.29, 1.82) is 0 Å². The molecule has 0 saturated heterocycles. The third-order valence-corrected chi connectivity index (χ3v) is 4.08. The number of hydrogen-bond donors (Lipinski definition) is 2. The van der Waals surface area contributed by atoms with Gasteiger partial charge >= 0.3 is 0 Å². The summed E-state index contributed by atoms with van der Waals surface area (Å²) >= 11 is 0. The summed E-state index contributed by atoms with van der Waals surface area (Å²) < 4.78 is 0.470. The van der Waals surface area contributed by atoms with Crippen molar-refractivity contribution in [1.82, 2.24) is 0 Å². The Morgan fingerprint density at radius 3 is 1.79 bits per heavy atom. The lowest BCUT2D eigenvalue weighted by Gasteiger charge is -2.34. The van der Waals surface area contributed by atoms with Crippen LogP contribution in [0.15, 0.2) is 0 Å². The summed E-state index contributed by atoms with van der Waals surface area (Å²) in [5, 5.41) is 19.6. The Balaban J connectivity index is 3.46. The van der Waals surface area contributed by atoms with Gasteiger partial charge in [0.1, 0.15) is 12.6 Å². The van der Waals surface area contributed by atoms with Crippen LogP contribution in [0.1, 0.15) is 71.6 Å². The molecule has 2 atom stereocenters. The third kappa shape index (κ3) is 10.3. The fraction of sp³-hybridized carbons (Fsp3) is 1.00. The first kappa shape index (κ1) is 18.9. The van der Waals surface area contributed by atoms with E-state index in [9.17, 15) is 10.2 Å². The average Bonchev–Trinajstić information content (AvgIpc) is 2.31. The maximum atomic E-state index is 9.98. The van der Waals surface area contributed by atoms with Crippen molar-refractivity contribution < 1.29 is 14.7 Å². The predicted octanol–water partition coefficient (Wildman–Crippen LogP) is 3.29. The Morgan fingerprint density at radius 1 is 0.842 bits per heavy atom. The molecule has 0 aromatic carbocycles. The highest BCUT2D eigenvalue weighted by molar-refractivity contribution is 4.56. The quantitative estimate of drug-likeness (QED) is 0.326. The molecule has 0 aliphatic rings. The number of aliphatic hydroxyl groups is 2. The van der Waals surface area contributed by atoms with E-state index < -0.39 is 6.23 Å². The van der Waals surface area contributed by atoms with Crippen molar-refractivity contribution >= 4 is 0 Å². The van der Waals surface area contributed by atoms with Crippen LogP contribution in [0.2, 0.25) is 0 Å². The Morgan fingerprint density at radius 2 is 1.32 bits per heavy atom. The van der Waals surface area contributed by atoms with Gasteiger partial charge in [-0.15, -0.1) is 0 Å². The fourth-order valence-corrected chi connectivity index (χ4v) is 2.30. The second-order valence-electron chi connectivity index (χ2n) is 6.51. The van der Waals surface area contributed by atoms with Crippen LogP contribution >= 0.6 is 0 Å². The van der Waals surface area contributed by atoms with Gasteiger partial charge in [0.2, 0.25) is 0 Å². The van der Waals surface area contributed by atoms with Crippen LogP contribution in [0.3, 0.4) is 0 Å². The summed E-state index contributed by atoms with van der Waals surface area (Å²) in [6.07, 6.45) is 10.5. The van der Waals surface area contributed by atoms with Crippen molar-refractivity contribution in [2.75, 3.05) is 20.6 Å². The molecule has 2 N–H and O–H groups in total. The molecule has 0 fully saturated rings. The first-order chi connectivity index (χ1) is 8.90. The minimum atomic E-state index is -0.423. The highest BCUT2D eigenvalue weighted by Gasteiger charge is 2.24. The molecule has 2 unspecified atom stereocenters. The lowest BCUT2D eigenvalue weighted by atomic mass is 10.1. The molecule has 0 aliphatic carbocycles. The number of aliphatic hydroxyl groups excluding tert-OH is 2. The summed E-state index contributed by atoms with van der Waals surface area (Å²) in [5.74, 6) is 0. The summed E-state index contributed by atoms with van der Waals surface area (Å²) in [7, 11) is 3.92. The van der Waals surface area contributed by atoms with E-state index in [-0.39, 0.29) is 6.10 Å². The second kappa shape index (κ2) is 10.6. The zero-order chi connectivity index (χ0) is 14.7. The van der Waals surface area contributed by atoms with Crippen molar-refractivity contribution in [3.8, 4) is 0 Å². The zero-order valence-electron chi connectivity index (χ0n) is 13.6. The van der Waals surface area contributed by atoms with Gasteiger partial charge in [-0.3, -0.25) is 0 Å². The number of unbranched alkanes of at least 4 members (excludes halogenated alkanes) is 7. The monoisotopic (exact) mass is 274 g/mol. The molecule has 0 bridgehead atoms. The first-order valence-electron chi connectivity index (χ1n) is 8.09. The molecule has 0 aromatic heterocycles. The smallest absolute Gasteiger partial charge is 0.187 e. The molecule has 0 spiro atoms. The van der Waals surface area contributed by atoms with Crippen molar-refractivity contribution in [3.63, 3.8) is 0 Å². The highest BCUT2D eigenvalue weighted by atomic mass is 16.3. The summed E-state index contributed by atoms with van der Waals surface area (Å²) in [6.45, 7) is 4.66. The lowest BCUT2D eigenvalue weighted by molar-refractivity contribution is -0.937. The van der Waals surface area contributed by atoms with Crippen molar-refractivity contribution in [2.24, 2.45) is 0 Å². The Bertz CT molecular complexity index is 205. The van der Waals surface area contributed by atoms with Gasteiger partial charge in [0.15, 0.2) is 6.23 Å². The minimum Gasteiger partial charge on any atom is -0.387 e. The molecule has 0 heterocycles. The Kier molecular flexibility index (Phi) is 10.6. The molecule has 0 aromatic rings. The van der Waals surface area contributed by atoms with Crippen molar-refractivity contribution in [3.05, 3.63) is 0 Å². The molecular weight excluding hydrogens is 238 g/mol. The van der Waals surface area contributed by atoms with Crippen LogP contribution in [0.4, 0.5) is 0 Å². The van der Waals surface area contributed by atoms with Gasteiger partial charge in [-0.2, -0.15) is 0 Å². The van der Waals surface area contributed by atoms with Gasteiger partial charge in [0.05, 0.1) is 14.1 Å². The van der Waals surface area contributed by atoms with Crippen LogP contribution in [-0.2, 0) is 0 Å². The molecule has 0 aliphatic heterocycles. The van der Waals surface area contributed by atoms with E-state index in [1.165, 1.54) is 44.9 Å². The molecule has 116 valence electrons. The zero-order valence-corrected chi connectivity index (χ0v) is 13.6. The van der Waals surface area contributed by atoms with E-state index in [1.807, 2.05) is 14.1 Å². The molecule has 0 radical (unpaired) electrons. The van der Waals surface area contributed by atoms with Gasteiger partial charge in [-0.05, 0) is 6.42 Å². The number of nitrogens with zero attached hydrogens (tertiary/aromatic N) is 1. The number of quaternary nitrogens is 1. The van der Waals surface area contributed by atoms with E-state index in [0.717, 1.165) is 12.8 Å². The van der Waals surface area contributed by atoms with E-state index in [4.69, 9.17) is 0 Å². The van der Waals surface area contributed by atoms with Crippen LogP contribution in [-0.4, -0.2) is 47.7 Å². The molecule has 0 amide bonds. The predicted molar refractivity (Wildman–Crippen MR) is 81.9 cm³/mol. The fourth-order valence-electron chi connectivity index (χ4n) is 2.30. The van der Waals surface area contributed by atoms with Gasteiger partial charge in [-0.25, -0.2) is 0 Å². The van der Waals surface area contributed by atoms with Crippen LogP contribution < -0.4 is 0 Å². The molecule has 3 heteroatoms. The highest BCUT2D eigenvalue weighted by Crippen LogP contribution is 2.13. The van der Waals surface area contributed by atoms with Crippen molar-refractivity contribution in [2.45, 2.75) is 84.0 Å². The molecule has 0 rings (SSSR count). The Hall–Kier alpha value is -0.120. The van der Waals surface area contributed by atoms with E-state index in [2.05, 4.69) is 6.92 Å². The van der Waals surface area contributed by atoms with E-state index in [1.54, 1.807) is 6.92 Å². The Labute approximate surface area is 120 Å². The minimum absolute atomic E-state index is 0.287. The van der Waals surface area contributed by atoms with E-state index >= 15 is 0 Å². The second-order valence-corrected chi connectivity index (χ2v) is 6.51. The largest absolute Gasteiger partial charge is 0.387 e. The van der Waals surface area contributed by atoms with Crippen LogP contribution in [0.25, 0.3) is 0 Å². The third-order valence-electron chi connectivity index (χ3n) is 4.08. The standard InChI is InChI=1S/C16H36NO2/c1-5-6-7-8-9-10-11-12-13-16(19)14-17(3,4)15(2)18/h15-16,18-19H,5-14H2,1-4H3/q+1. The SMILES string of the molecule is CCCCCCCCCCC(O)C[N+](C)(C)C(C)O. The molecular formula is C16H36NO2+.